The number of amides is 9. The summed E-state index contributed by atoms with van der Waals surface area (Å²) >= 11 is 4.34. The third kappa shape index (κ3) is 20.0. The second kappa shape index (κ2) is 30.3. The van der Waals surface area contributed by atoms with Crippen molar-refractivity contribution in [3.05, 3.63) is 71.8 Å². The minimum atomic E-state index is -1.39. The molecule has 2 aromatic rings. The fourth-order valence-electron chi connectivity index (χ4n) is 7.84. The minimum absolute atomic E-state index is 0.0107. The summed E-state index contributed by atoms with van der Waals surface area (Å²) in [5.74, 6) is -7.57. The van der Waals surface area contributed by atoms with E-state index < -0.39 is 101 Å². The summed E-state index contributed by atoms with van der Waals surface area (Å²) in [4.78, 5) is 134. The molecule has 2 saturated heterocycles. The number of thiol groups is 1. The number of primary amides is 1. The van der Waals surface area contributed by atoms with Crippen LogP contribution in [0, 0.1) is 0 Å². The van der Waals surface area contributed by atoms with Crippen LogP contribution in [0.15, 0.2) is 70.6 Å². The molecule has 24 nitrogen and oxygen atoms in total. The second-order valence-electron chi connectivity index (χ2n) is 17.2. The monoisotopic (exact) mass is 1070 g/mol. The van der Waals surface area contributed by atoms with Crippen molar-refractivity contribution in [2.45, 2.75) is 107 Å². The van der Waals surface area contributed by atoms with E-state index in [2.05, 4.69) is 59.8 Å². The van der Waals surface area contributed by atoms with Gasteiger partial charge in [-0.1, -0.05) is 82.3 Å². The first-order chi connectivity index (χ1) is 34.9. The van der Waals surface area contributed by atoms with Gasteiger partial charge in [0.15, 0.2) is 11.9 Å². The predicted molar refractivity (Wildman–Crippen MR) is 282 cm³/mol. The Balaban J connectivity index is 1.77. The number of aliphatic imine (C=N–C) groups is 2. The van der Waals surface area contributed by atoms with Crippen LogP contribution < -0.4 is 65.9 Å². The van der Waals surface area contributed by atoms with Gasteiger partial charge in [-0.05, 0) is 49.7 Å². The third-order valence-corrected chi connectivity index (χ3v) is 14.3. The summed E-state index contributed by atoms with van der Waals surface area (Å²) in [7, 11) is 2.15. The lowest BCUT2D eigenvalue weighted by Gasteiger charge is -2.31. The molecule has 2 heterocycles. The topological polar surface area (TPSA) is 396 Å². The summed E-state index contributed by atoms with van der Waals surface area (Å²) in [5.41, 5.74) is 29.2. The van der Waals surface area contributed by atoms with Crippen LogP contribution >= 0.6 is 34.2 Å². The molecule has 2 aliphatic heterocycles. The van der Waals surface area contributed by atoms with Gasteiger partial charge in [-0.25, -0.2) is 0 Å². The zero-order chi connectivity index (χ0) is 53.5. The highest BCUT2D eigenvalue weighted by atomic mass is 33.1. The molecule has 27 heteroatoms. The van der Waals surface area contributed by atoms with Gasteiger partial charge in [-0.2, -0.15) is 12.6 Å². The molecule has 0 aliphatic carbocycles. The highest BCUT2D eigenvalue weighted by molar-refractivity contribution is 8.76. The van der Waals surface area contributed by atoms with Gasteiger partial charge in [-0.3, -0.25) is 53.1 Å². The molecule has 398 valence electrons. The molecule has 17 N–H and O–H groups in total. The van der Waals surface area contributed by atoms with E-state index in [9.17, 15) is 43.2 Å². The van der Waals surface area contributed by atoms with E-state index in [0.717, 1.165) is 21.6 Å². The number of hydrogen-bond acceptors (Lipinski definition) is 14. The Bertz CT molecular complexity index is 2290. The van der Waals surface area contributed by atoms with E-state index in [4.69, 9.17) is 28.7 Å². The van der Waals surface area contributed by atoms with Crippen molar-refractivity contribution in [2.75, 3.05) is 36.9 Å². The first kappa shape index (κ1) is 58.8. The number of rotatable bonds is 15. The van der Waals surface area contributed by atoms with Crippen LogP contribution in [0.3, 0.4) is 0 Å². The minimum Gasteiger partial charge on any atom is -0.370 e. The molecule has 2 fully saturated rings. The predicted octanol–water partition coefficient (Wildman–Crippen LogP) is -3.21. The highest BCUT2D eigenvalue weighted by Crippen LogP contribution is 2.24. The summed E-state index contributed by atoms with van der Waals surface area (Å²) < 4.78 is 0. The molecule has 2 aromatic carbocycles. The average molecular weight is 1070 g/mol. The molecule has 0 spiro atoms. The quantitative estimate of drug-likeness (QED) is 0.0275. The van der Waals surface area contributed by atoms with Crippen molar-refractivity contribution in [1.29, 1.82) is 0 Å². The molecule has 73 heavy (non-hydrogen) atoms. The van der Waals surface area contributed by atoms with Crippen LogP contribution in [0.1, 0.15) is 56.6 Å². The lowest BCUT2D eigenvalue weighted by atomic mass is 10.0. The molecule has 0 radical (unpaired) electrons. The lowest BCUT2D eigenvalue weighted by Crippen LogP contribution is -2.61. The highest BCUT2D eigenvalue weighted by Gasteiger charge is 2.40. The van der Waals surface area contributed by atoms with Crippen LogP contribution in [-0.2, 0) is 56.0 Å². The molecule has 0 saturated carbocycles. The van der Waals surface area contributed by atoms with Crippen molar-refractivity contribution < 1.29 is 43.2 Å². The summed E-state index contributed by atoms with van der Waals surface area (Å²) in [5, 5.41) is 18.8. The number of benzene rings is 2. The van der Waals surface area contributed by atoms with Gasteiger partial charge in [0.25, 0.3) is 0 Å². The Labute approximate surface area is 436 Å². The molecule has 4 rings (SSSR count). The number of nitrogens with one attached hydrogen (secondary N) is 7. The number of guanidine groups is 2. The van der Waals surface area contributed by atoms with E-state index in [1.807, 2.05) is 0 Å². The molecular formula is C46H67N15O9S3. The maximum absolute atomic E-state index is 14.6. The molecule has 0 bridgehead atoms. The van der Waals surface area contributed by atoms with E-state index in [-0.39, 0.29) is 93.8 Å². The molecule has 0 aromatic heterocycles. The van der Waals surface area contributed by atoms with Crippen molar-refractivity contribution in [3.63, 3.8) is 0 Å². The van der Waals surface area contributed by atoms with Crippen LogP contribution in [-0.4, -0.2) is 155 Å². The first-order valence-electron chi connectivity index (χ1n) is 23.6. The SMILES string of the molecule is CC(=O)N[C@H]1CSSC[C@@H](C(N)=O)NC(=O)[C@H](Cc2ccccc2)NC(=O)[C@H](CCCN=C(N)N)NC(=O)[C@H](CS)NC(=O)[C@H](CCCN=C(N)N)NC(=O)[C@@H]2CCCN2C(=O)[C@H](Cc2ccccc2)NC1=O. The molecule has 2 aliphatic rings. The Morgan fingerprint density at radius 1 is 0.630 bits per heavy atom. The maximum Gasteiger partial charge on any atom is 0.246 e. The number of carbonyl (C=O) groups excluding carboxylic acids is 9. The Morgan fingerprint density at radius 2 is 1.10 bits per heavy atom. The van der Waals surface area contributed by atoms with Gasteiger partial charge < -0.3 is 70.8 Å². The third-order valence-electron chi connectivity index (χ3n) is 11.5. The average Bonchev–Trinajstić information content (AvgIpc) is 3.85. The van der Waals surface area contributed by atoms with Gasteiger partial charge in [0.05, 0.1) is 0 Å². The number of nitrogens with two attached hydrogens (primary N) is 5. The van der Waals surface area contributed by atoms with E-state index in [0.29, 0.717) is 17.5 Å². The van der Waals surface area contributed by atoms with E-state index in [1.165, 1.54) is 11.8 Å². The van der Waals surface area contributed by atoms with Gasteiger partial charge in [0, 0.05) is 56.7 Å². The summed E-state index contributed by atoms with van der Waals surface area (Å²) in [6.45, 7) is 1.50. The molecule has 0 unspecified atom stereocenters. The molecule has 9 amide bonds. The normalized spacial score (nSPS) is 24.2. The summed E-state index contributed by atoms with van der Waals surface area (Å²) in [6.07, 6.45) is 0.842. The number of carbonyl (C=O) groups is 9. The van der Waals surface area contributed by atoms with Crippen molar-refractivity contribution in [1.82, 2.24) is 42.1 Å². The van der Waals surface area contributed by atoms with Crippen LogP contribution in [0.5, 0.6) is 0 Å². The van der Waals surface area contributed by atoms with E-state index >= 15 is 0 Å². The zero-order valence-corrected chi connectivity index (χ0v) is 43.0. The van der Waals surface area contributed by atoms with Crippen molar-refractivity contribution in [3.8, 4) is 0 Å². The van der Waals surface area contributed by atoms with Gasteiger partial charge >= 0.3 is 0 Å². The Kier molecular flexibility index (Phi) is 24.4. The summed E-state index contributed by atoms with van der Waals surface area (Å²) in [6, 6.07) is 7.37. The Hall–Kier alpha value is -6.74. The standard InChI is InChI=1S/C46H67N15O9S3/c1-26(62)54-35-25-73-72-24-34(37(47)63)60-40(66)31(21-27-11-4-2-5-12-27)57-38(64)29(15-8-18-52-45(48)49)55-41(67)33(23-71)59-39(65)30(16-9-19-53-46(50)51)56-43(69)36-17-10-20-61(36)44(70)32(58-42(35)68)22-28-13-6-3-7-14-28/h2-7,11-14,29-36,71H,8-10,15-25H2,1H3,(H2,47,63)(H,54,62)(H,55,67)(H,56,69)(H,57,64)(H,58,68)(H,59,65)(H,60,66)(H4,48,49,52)(H4,50,51,53)/t29-,30-,31-,32-,33-,34-,35-,36-/m0/s1. The fraction of sp³-hybridized carbons (Fsp3) is 0.500. The second-order valence-corrected chi connectivity index (χ2v) is 20.2. The number of hydrogen-bond donors (Lipinski definition) is 13. The van der Waals surface area contributed by atoms with Gasteiger partial charge in [0.2, 0.25) is 53.2 Å². The smallest absolute Gasteiger partial charge is 0.246 e. The van der Waals surface area contributed by atoms with Gasteiger partial charge in [-0.15, -0.1) is 0 Å². The van der Waals surface area contributed by atoms with Crippen molar-refractivity contribution >= 4 is 99.3 Å². The van der Waals surface area contributed by atoms with Gasteiger partial charge in [0.1, 0.15) is 48.3 Å². The number of fused-ring (bicyclic) bond motifs is 1. The molecule has 8 atom stereocenters. The largest absolute Gasteiger partial charge is 0.370 e. The van der Waals surface area contributed by atoms with Crippen LogP contribution in [0.4, 0.5) is 0 Å². The van der Waals surface area contributed by atoms with Crippen LogP contribution in [0.2, 0.25) is 0 Å². The molecular weight excluding hydrogens is 1000 g/mol. The fourth-order valence-corrected chi connectivity index (χ4v) is 10.4. The first-order valence-corrected chi connectivity index (χ1v) is 26.7. The zero-order valence-electron chi connectivity index (χ0n) is 40.5. The van der Waals surface area contributed by atoms with Crippen molar-refractivity contribution in [2.24, 2.45) is 38.7 Å². The Morgan fingerprint density at radius 3 is 1.62 bits per heavy atom. The lowest BCUT2D eigenvalue weighted by molar-refractivity contribution is -0.142. The number of nitrogens with zero attached hydrogens (tertiary/aromatic N) is 3. The maximum atomic E-state index is 14.6. The van der Waals surface area contributed by atoms with E-state index in [1.54, 1.807) is 60.7 Å². The van der Waals surface area contributed by atoms with Crippen LogP contribution in [0.25, 0.3) is 0 Å².